The molecule has 0 saturated carbocycles. The molecule has 1 N–H and O–H groups in total. The van der Waals surface area contributed by atoms with Crippen molar-refractivity contribution in [3.63, 3.8) is 0 Å². The summed E-state index contributed by atoms with van der Waals surface area (Å²) in [6.45, 7) is 7.25. The minimum Gasteiger partial charge on any atom is -0.337 e. The standard InChI is InChI=1S/C22H26N4O/c1-3-26-16(2)19(13-24-26)12-23-20-11-22(27)25(15-20)14-18-9-6-8-17-7-4-5-10-21(17)18/h4-10,13,20,23H,3,11-12,14-15H2,1-2H3. The van der Waals surface area contributed by atoms with Crippen LogP contribution in [0.3, 0.4) is 0 Å². The SMILES string of the molecule is CCn1ncc(CNC2CC(=O)N(Cc3cccc4ccccc34)C2)c1C. The van der Waals surface area contributed by atoms with Gasteiger partial charge in [0.1, 0.15) is 0 Å². The molecular formula is C22H26N4O. The van der Waals surface area contributed by atoms with Crippen LogP contribution < -0.4 is 5.32 Å². The first-order valence-electron chi connectivity index (χ1n) is 9.64. The van der Waals surface area contributed by atoms with E-state index in [-0.39, 0.29) is 11.9 Å². The molecule has 1 aromatic heterocycles. The van der Waals surface area contributed by atoms with Crippen molar-refractivity contribution in [3.05, 3.63) is 65.5 Å². The van der Waals surface area contributed by atoms with E-state index in [9.17, 15) is 4.79 Å². The maximum Gasteiger partial charge on any atom is 0.224 e. The number of amides is 1. The van der Waals surface area contributed by atoms with Gasteiger partial charge in [0.05, 0.1) is 6.20 Å². The topological polar surface area (TPSA) is 50.2 Å². The highest BCUT2D eigenvalue weighted by Crippen LogP contribution is 2.22. The van der Waals surface area contributed by atoms with Crippen molar-refractivity contribution in [3.8, 4) is 0 Å². The van der Waals surface area contributed by atoms with Gasteiger partial charge in [0.2, 0.25) is 5.91 Å². The first-order valence-corrected chi connectivity index (χ1v) is 9.64. The number of likely N-dealkylation sites (tertiary alicyclic amines) is 1. The summed E-state index contributed by atoms with van der Waals surface area (Å²) in [5.41, 5.74) is 3.61. The second-order valence-corrected chi connectivity index (χ2v) is 7.27. The van der Waals surface area contributed by atoms with Gasteiger partial charge in [0.15, 0.2) is 0 Å². The van der Waals surface area contributed by atoms with Crippen molar-refractivity contribution in [1.82, 2.24) is 20.0 Å². The molecule has 1 atom stereocenters. The lowest BCUT2D eigenvalue weighted by atomic mass is 10.0. The van der Waals surface area contributed by atoms with Crippen LogP contribution in [0.5, 0.6) is 0 Å². The largest absolute Gasteiger partial charge is 0.337 e. The Bertz CT molecular complexity index is 957. The Labute approximate surface area is 160 Å². The smallest absolute Gasteiger partial charge is 0.224 e. The number of nitrogens with one attached hydrogen (secondary N) is 1. The third kappa shape index (κ3) is 3.60. The average molecular weight is 362 g/mol. The molecule has 1 unspecified atom stereocenters. The number of carbonyl (C=O) groups excluding carboxylic acids is 1. The van der Waals surface area contributed by atoms with E-state index in [1.165, 1.54) is 27.6 Å². The van der Waals surface area contributed by atoms with Crippen molar-refractivity contribution >= 4 is 16.7 Å². The molecule has 0 aliphatic carbocycles. The predicted octanol–water partition coefficient (Wildman–Crippen LogP) is 3.26. The summed E-state index contributed by atoms with van der Waals surface area (Å²) in [6, 6.07) is 14.9. The zero-order valence-corrected chi connectivity index (χ0v) is 16.0. The van der Waals surface area contributed by atoms with E-state index in [0.717, 1.165) is 19.6 Å². The van der Waals surface area contributed by atoms with Gasteiger partial charge in [-0.1, -0.05) is 42.5 Å². The molecule has 27 heavy (non-hydrogen) atoms. The molecule has 4 rings (SSSR count). The Hall–Kier alpha value is -2.66. The fraction of sp³-hybridized carbons (Fsp3) is 0.364. The van der Waals surface area contributed by atoms with Crippen molar-refractivity contribution in [2.75, 3.05) is 6.54 Å². The molecule has 0 spiro atoms. The first-order chi connectivity index (χ1) is 13.2. The highest BCUT2D eigenvalue weighted by Gasteiger charge is 2.29. The molecular weight excluding hydrogens is 336 g/mol. The Morgan fingerprint density at radius 2 is 1.96 bits per heavy atom. The molecule has 2 aromatic carbocycles. The van der Waals surface area contributed by atoms with Crippen LogP contribution >= 0.6 is 0 Å². The number of hydrogen-bond acceptors (Lipinski definition) is 3. The van der Waals surface area contributed by atoms with Gasteiger partial charge >= 0.3 is 0 Å². The Balaban J connectivity index is 1.41. The van der Waals surface area contributed by atoms with Gasteiger partial charge in [-0.2, -0.15) is 5.10 Å². The highest BCUT2D eigenvalue weighted by molar-refractivity contribution is 5.86. The summed E-state index contributed by atoms with van der Waals surface area (Å²) < 4.78 is 2.00. The molecule has 5 nitrogen and oxygen atoms in total. The number of aryl methyl sites for hydroxylation is 1. The number of benzene rings is 2. The molecule has 1 amide bonds. The van der Waals surface area contributed by atoms with Crippen LogP contribution in [0.4, 0.5) is 0 Å². The molecule has 140 valence electrons. The molecule has 1 fully saturated rings. The number of hydrogen-bond donors (Lipinski definition) is 1. The maximum atomic E-state index is 12.5. The molecule has 0 radical (unpaired) electrons. The second-order valence-electron chi connectivity index (χ2n) is 7.27. The lowest BCUT2D eigenvalue weighted by Crippen LogP contribution is -2.32. The molecule has 0 bridgehead atoms. The molecule has 1 saturated heterocycles. The number of nitrogens with zero attached hydrogens (tertiary/aromatic N) is 3. The van der Waals surface area contributed by atoms with E-state index in [0.29, 0.717) is 13.0 Å². The van der Waals surface area contributed by atoms with Crippen molar-refractivity contribution < 1.29 is 4.79 Å². The molecule has 2 heterocycles. The normalized spacial score (nSPS) is 17.2. The van der Waals surface area contributed by atoms with Crippen molar-refractivity contribution in [2.45, 2.75) is 45.9 Å². The van der Waals surface area contributed by atoms with Crippen LogP contribution in [0, 0.1) is 6.92 Å². The summed E-state index contributed by atoms with van der Waals surface area (Å²) in [7, 11) is 0. The zero-order chi connectivity index (χ0) is 18.8. The van der Waals surface area contributed by atoms with Crippen LogP contribution in [0.25, 0.3) is 10.8 Å². The van der Waals surface area contributed by atoms with Gasteiger partial charge in [0.25, 0.3) is 0 Å². The fourth-order valence-electron chi connectivity index (χ4n) is 3.93. The minimum atomic E-state index is 0.192. The van der Waals surface area contributed by atoms with Crippen LogP contribution in [0.2, 0.25) is 0 Å². The Morgan fingerprint density at radius 3 is 2.78 bits per heavy atom. The monoisotopic (exact) mass is 362 g/mol. The lowest BCUT2D eigenvalue weighted by Gasteiger charge is -2.18. The van der Waals surface area contributed by atoms with Crippen LogP contribution in [0.15, 0.2) is 48.7 Å². The quantitative estimate of drug-likeness (QED) is 0.732. The van der Waals surface area contributed by atoms with E-state index >= 15 is 0 Å². The summed E-state index contributed by atoms with van der Waals surface area (Å²) in [6.07, 6.45) is 2.49. The van der Waals surface area contributed by atoms with Gasteiger partial charge in [-0.05, 0) is 30.2 Å². The second kappa shape index (κ2) is 7.53. The van der Waals surface area contributed by atoms with Gasteiger partial charge in [0, 0.05) is 49.9 Å². The van der Waals surface area contributed by atoms with Gasteiger partial charge < -0.3 is 10.2 Å². The molecule has 3 aromatic rings. The third-order valence-electron chi connectivity index (χ3n) is 5.54. The number of carbonyl (C=O) groups is 1. The van der Waals surface area contributed by atoms with E-state index < -0.39 is 0 Å². The van der Waals surface area contributed by atoms with Gasteiger partial charge in [-0.15, -0.1) is 0 Å². The van der Waals surface area contributed by atoms with Crippen LogP contribution in [-0.2, 0) is 24.4 Å². The average Bonchev–Trinajstić information content (AvgIpc) is 3.22. The number of rotatable bonds is 6. The lowest BCUT2D eigenvalue weighted by molar-refractivity contribution is -0.128. The highest BCUT2D eigenvalue weighted by atomic mass is 16.2. The molecule has 1 aliphatic rings. The van der Waals surface area contributed by atoms with Gasteiger partial charge in [-0.25, -0.2) is 0 Å². The van der Waals surface area contributed by atoms with Gasteiger partial charge in [-0.3, -0.25) is 9.48 Å². The van der Waals surface area contributed by atoms with Crippen LogP contribution in [0.1, 0.15) is 30.2 Å². The zero-order valence-electron chi connectivity index (χ0n) is 16.0. The van der Waals surface area contributed by atoms with Crippen molar-refractivity contribution in [2.24, 2.45) is 0 Å². The summed E-state index contributed by atoms with van der Waals surface area (Å²) in [5.74, 6) is 0.224. The number of aromatic nitrogens is 2. The Morgan fingerprint density at radius 1 is 1.15 bits per heavy atom. The Kier molecular flexibility index (Phi) is 4.94. The first kappa shape index (κ1) is 17.7. The number of fused-ring (bicyclic) bond motifs is 1. The minimum absolute atomic E-state index is 0.192. The summed E-state index contributed by atoms with van der Waals surface area (Å²) >= 11 is 0. The summed E-state index contributed by atoms with van der Waals surface area (Å²) in [4.78, 5) is 14.5. The van der Waals surface area contributed by atoms with Crippen LogP contribution in [-0.4, -0.2) is 33.2 Å². The maximum absolute atomic E-state index is 12.5. The predicted molar refractivity (Wildman–Crippen MR) is 107 cm³/mol. The molecule has 1 aliphatic heterocycles. The molecule has 5 heteroatoms. The van der Waals surface area contributed by atoms with E-state index in [4.69, 9.17) is 0 Å². The van der Waals surface area contributed by atoms with Crippen molar-refractivity contribution in [1.29, 1.82) is 0 Å². The summed E-state index contributed by atoms with van der Waals surface area (Å²) in [5, 5.41) is 10.4. The van der Waals surface area contributed by atoms with E-state index in [1.54, 1.807) is 0 Å². The third-order valence-corrected chi connectivity index (χ3v) is 5.54. The van der Waals surface area contributed by atoms with E-state index in [2.05, 4.69) is 66.7 Å². The van der Waals surface area contributed by atoms with E-state index in [1.807, 2.05) is 15.8 Å². The fourth-order valence-corrected chi connectivity index (χ4v) is 3.93.